The molecule has 1 aromatic heterocycles. The van der Waals surface area contributed by atoms with Gasteiger partial charge in [-0.1, -0.05) is 6.92 Å². The molecule has 0 fully saturated rings. The van der Waals surface area contributed by atoms with Gasteiger partial charge >= 0.3 is 0 Å². The standard InChI is InChI=1S/C16H20FN3O/c1-3-15(18-2)12-8-9-20(10-12)11-16(21)19-14-6-4-13(17)5-7-14/h4-10,15,18H,3,11H2,1-2H3,(H,19,21). The predicted octanol–water partition coefficient (Wildman–Crippen LogP) is 2.94. The SMILES string of the molecule is CCC(NC)c1ccn(CC(=O)Nc2ccc(F)cc2)c1. The van der Waals surface area contributed by atoms with Crippen molar-refractivity contribution in [2.75, 3.05) is 12.4 Å². The number of carbonyl (C=O) groups excluding carboxylic acids is 1. The summed E-state index contributed by atoms with van der Waals surface area (Å²) in [5, 5.41) is 5.97. The maximum Gasteiger partial charge on any atom is 0.244 e. The van der Waals surface area contributed by atoms with Gasteiger partial charge in [-0.2, -0.15) is 0 Å². The van der Waals surface area contributed by atoms with Crippen LogP contribution >= 0.6 is 0 Å². The van der Waals surface area contributed by atoms with Crippen molar-refractivity contribution in [3.05, 3.63) is 54.1 Å². The van der Waals surface area contributed by atoms with E-state index in [-0.39, 0.29) is 18.3 Å². The fourth-order valence-corrected chi connectivity index (χ4v) is 2.27. The monoisotopic (exact) mass is 289 g/mol. The maximum atomic E-state index is 12.8. The number of benzene rings is 1. The van der Waals surface area contributed by atoms with E-state index in [9.17, 15) is 9.18 Å². The minimum atomic E-state index is -0.319. The Morgan fingerprint density at radius 3 is 2.62 bits per heavy atom. The zero-order valence-corrected chi connectivity index (χ0v) is 12.3. The topological polar surface area (TPSA) is 46.1 Å². The number of carbonyl (C=O) groups is 1. The van der Waals surface area contributed by atoms with Crippen LogP contribution in [0.25, 0.3) is 0 Å². The van der Waals surface area contributed by atoms with E-state index in [4.69, 9.17) is 0 Å². The summed E-state index contributed by atoms with van der Waals surface area (Å²) in [6, 6.07) is 8.04. The van der Waals surface area contributed by atoms with Gasteiger partial charge in [0, 0.05) is 24.1 Å². The van der Waals surface area contributed by atoms with E-state index in [2.05, 4.69) is 17.6 Å². The summed E-state index contributed by atoms with van der Waals surface area (Å²) in [5.41, 5.74) is 1.75. The fourth-order valence-electron chi connectivity index (χ4n) is 2.27. The second-order valence-electron chi connectivity index (χ2n) is 4.92. The highest BCUT2D eigenvalue weighted by molar-refractivity contribution is 5.90. The number of amides is 1. The highest BCUT2D eigenvalue weighted by Gasteiger charge is 2.09. The number of halogens is 1. The summed E-state index contributed by atoms with van der Waals surface area (Å²) < 4.78 is 14.6. The minimum Gasteiger partial charge on any atom is -0.345 e. The van der Waals surface area contributed by atoms with Gasteiger partial charge in [-0.3, -0.25) is 4.79 Å². The molecule has 0 spiro atoms. The van der Waals surface area contributed by atoms with Crippen LogP contribution in [0.2, 0.25) is 0 Å². The zero-order valence-electron chi connectivity index (χ0n) is 12.3. The van der Waals surface area contributed by atoms with Gasteiger partial charge in [0.15, 0.2) is 0 Å². The van der Waals surface area contributed by atoms with E-state index in [1.807, 2.05) is 30.1 Å². The third kappa shape index (κ3) is 4.16. The van der Waals surface area contributed by atoms with Crippen LogP contribution in [-0.4, -0.2) is 17.5 Å². The molecule has 1 atom stereocenters. The molecular weight excluding hydrogens is 269 g/mol. The molecule has 1 amide bonds. The Morgan fingerprint density at radius 1 is 1.29 bits per heavy atom. The number of hydrogen-bond donors (Lipinski definition) is 2. The van der Waals surface area contributed by atoms with Gasteiger partial charge in [-0.05, 0) is 49.4 Å². The minimum absolute atomic E-state index is 0.138. The number of aromatic nitrogens is 1. The van der Waals surface area contributed by atoms with Crippen LogP contribution in [-0.2, 0) is 11.3 Å². The largest absolute Gasteiger partial charge is 0.345 e. The first-order valence-electron chi connectivity index (χ1n) is 7.00. The highest BCUT2D eigenvalue weighted by atomic mass is 19.1. The van der Waals surface area contributed by atoms with Crippen molar-refractivity contribution < 1.29 is 9.18 Å². The molecule has 1 heterocycles. The Labute approximate surface area is 124 Å². The molecule has 0 bridgehead atoms. The second-order valence-corrected chi connectivity index (χ2v) is 4.92. The summed E-state index contributed by atoms with van der Waals surface area (Å²) in [4.78, 5) is 11.9. The lowest BCUT2D eigenvalue weighted by atomic mass is 10.1. The van der Waals surface area contributed by atoms with E-state index in [0.717, 1.165) is 12.0 Å². The molecule has 5 heteroatoms. The van der Waals surface area contributed by atoms with Crippen LogP contribution < -0.4 is 10.6 Å². The first kappa shape index (κ1) is 15.3. The number of hydrogen-bond acceptors (Lipinski definition) is 2. The Kier molecular flexibility index (Phi) is 5.11. The maximum absolute atomic E-state index is 12.8. The summed E-state index contributed by atoms with van der Waals surface area (Å²) in [5.74, 6) is -0.456. The van der Waals surface area contributed by atoms with Crippen LogP contribution in [0.5, 0.6) is 0 Å². The van der Waals surface area contributed by atoms with Gasteiger partial charge in [0.1, 0.15) is 12.4 Å². The van der Waals surface area contributed by atoms with E-state index in [0.29, 0.717) is 11.7 Å². The summed E-state index contributed by atoms with van der Waals surface area (Å²) >= 11 is 0. The molecular formula is C16H20FN3O. The quantitative estimate of drug-likeness (QED) is 0.859. The average Bonchev–Trinajstić information content (AvgIpc) is 2.91. The molecule has 2 N–H and O–H groups in total. The van der Waals surface area contributed by atoms with Gasteiger partial charge in [0.25, 0.3) is 0 Å². The normalized spacial score (nSPS) is 12.1. The van der Waals surface area contributed by atoms with Gasteiger partial charge in [-0.25, -0.2) is 4.39 Å². The summed E-state index contributed by atoms with van der Waals surface area (Å²) in [6.07, 6.45) is 4.84. The first-order valence-corrected chi connectivity index (χ1v) is 7.00. The van der Waals surface area contributed by atoms with Crippen LogP contribution in [0, 0.1) is 5.82 Å². The van der Waals surface area contributed by atoms with E-state index in [1.165, 1.54) is 12.1 Å². The van der Waals surface area contributed by atoms with Gasteiger partial charge in [0.2, 0.25) is 5.91 Å². The van der Waals surface area contributed by atoms with Crippen LogP contribution in [0.4, 0.5) is 10.1 Å². The van der Waals surface area contributed by atoms with Crippen molar-refractivity contribution in [2.24, 2.45) is 0 Å². The second kappa shape index (κ2) is 7.04. The molecule has 2 rings (SSSR count). The predicted molar refractivity (Wildman–Crippen MR) is 81.6 cm³/mol. The molecule has 0 aliphatic heterocycles. The summed E-state index contributed by atoms with van der Waals surface area (Å²) in [6.45, 7) is 2.34. The van der Waals surface area contributed by atoms with Gasteiger partial charge in [-0.15, -0.1) is 0 Å². The Hall–Kier alpha value is -2.14. The smallest absolute Gasteiger partial charge is 0.244 e. The molecule has 0 saturated carbocycles. The van der Waals surface area contributed by atoms with E-state index >= 15 is 0 Å². The molecule has 1 aromatic carbocycles. The molecule has 21 heavy (non-hydrogen) atoms. The number of nitrogens with zero attached hydrogens (tertiary/aromatic N) is 1. The third-order valence-electron chi connectivity index (χ3n) is 3.39. The lowest BCUT2D eigenvalue weighted by Gasteiger charge is -2.11. The third-order valence-corrected chi connectivity index (χ3v) is 3.39. The van der Waals surface area contributed by atoms with Crippen LogP contribution in [0.1, 0.15) is 24.9 Å². The average molecular weight is 289 g/mol. The van der Waals surface area contributed by atoms with Crippen molar-refractivity contribution in [1.29, 1.82) is 0 Å². The summed E-state index contributed by atoms with van der Waals surface area (Å²) in [7, 11) is 1.92. The molecule has 0 saturated heterocycles. The lowest BCUT2D eigenvalue weighted by Crippen LogP contribution is -2.18. The van der Waals surface area contributed by atoms with Crippen molar-refractivity contribution in [3.63, 3.8) is 0 Å². The molecule has 112 valence electrons. The Morgan fingerprint density at radius 2 is 2.00 bits per heavy atom. The van der Waals surface area contributed by atoms with Gasteiger partial charge < -0.3 is 15.2 Å². The Bertz CT molecular complexity index is 588. The van der Waals surface area contributed by atoms with Crippen molar-refractivity contribution in [2.45, 2.75) is 25.9 Å². The van der Waals surface area contributed by atoms with E-state index < -0.39 is 0 Å². The van der Waals surface area contributed by atoms with Gasteiger partial charge in [0.05, 0.1) is 0 Å². The van der Waals surface area contributed by atoms with Crippen molar-refractivity contribution in [3.8, 4) is 0 Å². The van der Waals surface area contributed by atoms with Crippen molar-refractivity contribution >= 4 is 11.6 Å². The van der Waals surface area contributed by atoms with Crippen molar-refractivity contribution in [1.82, 2.24) is 9.88 Å². The first-order chi connectivity index (χ1) is 10.1. The highest BCUT2D eigenvalue weighted by Crippen LogP contribution is 2.16. The Balaban J connectivity index is 1.95. The molecule has 4 nitrogen and oxygen atoms in total. The zero-order chi connectivity index (χ0) is 15.2. The number of rotatable bonds is 6. The van der Waals surface area contributed by atoms with Crippen LogP contribution in [0.3, 0.4) is 0 Å². The number of anilines is 1. The molecule has 2 aromatic rings. The molecule has 0 aliphatic carbocycles. The molecule has 1 unspecified atom stereocenters. The molecule has 0 radical (unpaired) electrons. The molecule has 0 aliphatic rings. The lowest BCUT2D eigenvalue weighted by molar-refractivity contribution is -0.116. The van der Waals surface area contributed by atoms with E-state index in [1.54, 1.807) is 12.1 Å². The fraction of sp³-hybridized carbons (Fsp3) is 0.312. The van der Waals surface area contributed by atoms with Crippen LogP contribution in [0.15, 0.2) is 42.7 Å². The number of nitrogens with one attached hydrogen (secondary N) is 2.